The van der Waals surface area contributed by atoms with Gasteiger partial charge in [0.25, 0.3) is 0 Å². The smallest absolute Gasteiger partial charge is 0.226 e. The molecule has 5 N–H and O–H groups in total. The predicted octanol–water partition coefficient (Wildman–Crippen LogP) is 0.916. The Hall–Kier alpha value is -0.330. The van der Waals surface area contributed by atoms with Crippen molar-refractivity contribution in [3.8, 4) is 0 Å². The zero-order valence-corrected chi connectivity index (χ0v) is 24.2. The van der Waals surface area contributed by atoms with Crippen molar-refractivity contribution in [3.05, 3.63) is 0 Å². The Kier molecular flexibility index (Phi) is 9.18. The molecule has 0 aliphatic carbocycles. The average molecular weight is 578 g/mol. The van der Waals surface area contributed by atoms with Gasteiger partial charge in [0.1, 0.15) is 5.50 Å². The average Bonchev–Trinajstić information content (AvgIpc) is 3.43. The van der Waals surface area contributed by atoms with Gasteiger partial charge in [-0.15, -0.1) is 35.0 Å². The first-order valence-corrected chi connectivity index (χ1v) is 15.6. The lowest BCUT2D eigenvalue weighted by molar-refractivity contribution is -0.137. The van der Waals surface area contributed by atoms with Crippen LogP contribution >= 0.6 is 35.0 Å². The Morgan fingerprint density at radius 1 is 0.946 bits per heavy atom. The van der Waals surface area contributed by atoms with Crippen molar-refractivity contribution in [1.82, 2.24) is 31.5 Å². The SMILES string of the molecule is COC1CNC(Cl)CC1C1CC(C)NCC1C(=O)NC1NC2CN(C(=O)C3CC(Cl)NCC3C)CC2S1. The summed E-state index contributed by atoms with van der Waals surface area (Å²) >= 11 is 14.5. The summed E-state index contributed by atoms with van der Waals surface area (Å²) in [6.45, 7) is 7.84. The molecule has 0 saturated carbocycles. The second kappa shape index (κ2) is 12.0. The van der Waals surface area contributed by atoms with Gasteiger partial charge in [0.15, 0.2) is 0 Å². The molecule has 0 aromatic carbocycles. The molecule has 5 fully saturated rings. The fourth-order valence-corrected chi connectivity index (χ4v) is 9.00. The van der Waals surface area contributed by atoms with Crippen LogP contribution in [0.5, 0.6) is 0 Å². The fourth-order valence-electron chi connectivity index (χ4n) is 7.02. The van der Waals surface area contributed by atoms with Crippen molar-refractivity contribution >= 4 is 46.8 Å². The number of thioether (sulfide) groups is 1. The Labute approximate surface area is 234 Å². The summed E-state index contributed by atoms with van der Waals surface area (Å²) < 4.78 is 5.81. The van der Waals surface area contributed by atoms with Crippen LogP contribution in [0.1, 0.15) is 33.1 Å². The number of piperidine rings is 3. The lowest BCUT2D eigenvalue weighted by Crippen LogP contribution is -2.57. The third-order valence-electron chi connectivity index (χ3n) is 9.17. The lowest BCUT2D eigenvalue weighted by Gasteiger charge is -2.45. The first-order chi connectivity index (χ1) is 17.7. The number of methoxy groups -OCH3 is 1. The highest BCUT2D eigenvalue weighted by atomic mass is 35.5. The van der Waals surface area contributed by atoms with Crippen LogP contribution in [0.3, 0.4) is 0 Å². The number of hydrogen-bond acceptors (Lipinski definition) is 8. The van der Waals surface area contributed by atoms with E-state index in [2.05, 4.69) is 40.4 Å². The van der Waals surface area contributed by atoms with Crippen molar-refractivity contribution in [2.24, 2.45) is 29.6 Å². The Morgan fingerprint density at radius 2 is 1.70 bits per heavy atom. The number of ether oxygens (including phenoxy) is 1. The molecule has 0 aromatic heterocycles. The van der Waals surface area contributed by atoms with Crippen LogP contribution in [0.15, 0.2) is 0 Å². The molecule has 12 heteroatoms. The van der Waals surface area contributed by atoms with Crippen LogP contribution in [0, 0.1) is 29.6 Å². The van der Waals surface area contributed by atoms with Gasteiger partial charge >= 0.3 is 0 Å². The fraction of sp³-hybridized carbons (Fsp3) is 0.920. The predicted molar refractivity (Wildman–Crippen MR) is 147 cm³/mol. The molecule has 12 atom stereocenters. The molecule has 5 saturated heterocycles. The van der Waals surface area contributed by atoms with Crippen LogP contribution < -0.4 is 26.6 Å². The van der Waals surface area contributed by atoms with E-state index in [0.717, 1.165) is 19.4 Å². The number of alkyl halides is 2. The summed E-state index contributed by atoms with van der Waals surface area (Å²) in [5.41, 5.74) is -0.373. The second-order valence-electron chi connectivity index (χ2n) is 11.6. The summed E-state index contributed by atoms with van der Waals surface area (Å²) in [6.07, 6.45) is 2.45. The standard InChI is InChI=1S/C25H42Cl2N6O3S/c1-12-7-29-21(26)5-14(12)24(35)33-10-18-20(11-33)37-25(31-18)32-23(34)17-8-28-13(2)4-15(17)16-6-22(27)30-9-19(16)36-3/h12-22,25,28-31H,4-11H2,1-3H3,(H,32,34). The quantitative estimate of drug-likeness (QED) is 0.243. The topological polar surface area (TPSA) is 107 Å². The molecular formula is C25H42Cl2N6O3S. The molecule has 0 spiro atoms. The maximum Gasteiger partial charge on any atom is 0.226 e. The number of halogens is 2. The van der Waals surface area contributed by atoms with E-state index < -0.39 is 0 Å². The number of rotatable bonds is 5. The van der Waals surface area contributed by atoms with E-state index in [9.17, 15) is 9.59 Å². The van der Waals surface area contributed by atoms with Gasteiger partial charge in [0.05, 0.1) is 23.0 Å². The van der Waals surface area contributed by atoms with Gasteiger partial charge in [-0.1, -0.05) is 6.92 Å². The number of nitrogens with one attached hydrogen (secondary N) is 5. The molecule has 210 valence electrons. The molecule has 5 rings (SSSR count). The van der Waals surface area contributed by atoms with Crippen molar-refractivity contribution < 1.29 is 14.3 Å². The number of hydrogen-bond donors (Lipinski definition) is 5. The van der Waals surface area contributed by atoms with E-state index in [0.29, 0.717) is 38.6 Å². The molecule has 0 aromatic rings. The minimum atomic E-state index is -0.142. The summed E-state index contributed by atoms with van der Waals surface area (Å²) in [4.78, 5) is 28.8. The van der Waals surface area contributed by atoms with E-state index in [1.165, 1.54) is 0 Å². The Morgan fingerprint density at radius 3 is 2.46 bits per heavy atom. The van der Waals surface area contributed by atoms with Crippen LogP contribution in [0.4, 0.5) is 0 Å². The van der Waals surface area contributed by atoms with E-state index in [1.54, 1.807) is 18.9 Å². The first kappa shape index (κ1) is 28.2. The third-order valence-corrected chi connectivity index (χ3v) is 11.2. The monoisotopic (exact) mass is 576 g/mol. The van der Waals surface area contributed by atoms with E-state index in [4.69, 9.17) is 27.9 Å². The number of carbonyl (C=O) groups excluding carboxylic acids is 2. The second-order valence-corrected chi connectivity index (χ2v) is 14.0. The highest BCUT2D eigenvalue weighted by Crippen LogP contribution is 2.39. The molecule has 5 heterocycles. The van der Waals surface area contributed by atoms with Gasteiger partial charge in [-0.2, -0.15) is 0 Å². The molecule has 2 amide bonds. The third kappa shape index (κ3) is 6.21. The van der Waals surface area contributed by atoms with E-state index in [1.807, 2.05) is 4.90 Å². The van der Waals surface area contributed by atoms with Gasteiger partial charge in [-0.25, -0.2) is 0 Å². The van der Waals surface area contributed by atoms with Gasteiger partial charge in [0, 0.05) is 56.5 Å². The van der Waals surface area contributed by atoms with Gasteiger partial charge < -0.3 is 25.6 Å². The summed E-state index contributed by atoms with van der Waals surface area (Å²) in [5, 5.41) is 17.2. The van der Waals surface area contributed by atoms with Crippen molar-refractivity contribution in [2.45, 2.75) is 73.0 Å². The molecule has 5 aliphatic heterocycles. The van der Waals surface area contributed by atoms with E-state index in [-0.39, 0.29) is 75.3 Å². The highest BCUT2D eigenvalue weighted by molar-refractivity contribution is 8.00. The van der Waals surface area contributed by atoms with Crippen molar-refractivity contribution in [1.29, 1.82) is 0 Å². The van der Waals surface area contributed by atoms with Gasteiger partial charge in [0.2, 0.25) is 11.8 Å². The maximum absolute atomic E-state index is 13.6. The zero-order valence-electron chi connectivity index (χ0n) is 21.9. The summed E-state index contributed by atoms with van der Waals surface area (Å²) in [7, 11) is 1.75. The summed E-state index contributed by atoms with van der Waals surface area (Å²) in [5.74, 6) is 0.866. The molecule has 9 nitrogen and oxygen atoms in total. The Balaban J connectivity index is 1.16. The summed E-state index contributed by atoms with van der Waals surface area (Å²) in [6, 6.07) is 0.538. The van der Waals surface area contributed by atoms with Crippen molar-refractivity contribution in [2.75, 3.05) is 39.8 Å². The first-order valence-electron chi connectivity index (χ1n) is 13.7. The highest BCUT2D eigenvalue weighted by Gasteiger charge is 2.48. The number of nitrogens with zero attached hydrogens (tertiary/aromatic N) is 1. The van der Waals surface area contributed by atoms with Gasteiger partial charge in [-0.3, -0.25) is 20.2 Å². The van der Waals surface area contributed by atoms with Crippen LogP contribution in [0.25, 0.3) is 0 Å². The normalized spacial score (nSPS) is 46.5. The number of fused-ring (bicyclic) bond motifs is 1. The molecule has 0 bridgehead atoms. The number of likely N-dealkylation sites (tertiary alicyclic amines) is 1. The molecule has 0 radical (unpaired) electrons. The van der Waals surface area contributed by atoms with Crippen LogP contribution in [-0.2, 0) is 14.3 Å². The van der Waals surface area contributed by atoms with Gasteiger partial charge in [-0.05, 0) is 50.5 Å². The molecule has 12 unspecified atom stereocenters. The minimum Gasteiger partial charge on any atom is -0.380 e. The minimum absolute atomic E-state index is 0.0281. The molecule has 37 heavy (non-hydrogen) atoms. The van der Waals surface area contributed by atoms with Crippen LogP contribution in [0.2, 0.25) is 0 Å². The largest absolute Gasteiger partial charge is 0.380 e. The Bertz CT molecular complexity index is 830. The number of carbonyl (C=O) groups is 2. The van der Waals surface area contributed by atoms with Crippen LogP contribution in [-0.4, -0.2) is 96.5 Å². The molecular weight excluding hydrogens is 535 g/mol. The number of amides is 2. The lowest BCUT2D eigenvalue weighted by atomic mass is 9.70. The zero-order chi connectivity index (χ0) is 26.3. The van der Waals surface area contributed by atoms with Crippen molar-refractivity contribution in [3.63, 3.8) is 0 Å². The maximum atomic E-state index is 13.6. The molecule has 5 aliphatic rings. The van der Waals surface area contributed by atoms with E-state index >= 15 is 0 Å².